The Morgan fingerprint density at radius 3 is 2.89 bits per heavy atom. The summed E-state index contributed by atoms with van der Waals surface area (Å²) in [5, 5.41) is 0. The van der Waals surface area contributed by atoms with Gasteiger partial charge in [-0.05, 0) is 31.4 Å². The lowest BCUT2D eigenvalue weighted by atomic mass is 10.2. The van der Waals surface area contributed by atoms with Crippen LogP contribution >= 0.6 is 0 Å². The third-order valence-electron chi connectivity index (χ3n) is 2.91. The van der Waals surface area contributed by atoms with Crippen molar-refractivity contribution in [3.05, 3.63) is 24.3 Å². The van der Waals surface area contributed by atoms with Gasteiger partial charge in [-0.25, -0.2) is 0 Å². The van der Waals surface area contributed by atoms with Crippen LogP contribution in [0, 0.1) is 0 Å². The average molecular weight is 251 g/mol. The molecular weight excluding hydrogens is 230 g/mol. The van der Waals surface area contributed by atoms with E-state index in [9.17, 15) is 0 Å². The van der Waals surface area contributed by atoms with Crippen LogP contribution < -0.4 is 10.5 Å². The van der Waals surface area contributed by atoms with Crippen molar-refractivity contribution in [2.45, 2.75) is 32.0 Å². The molecule has 4 heteroatoms. The fraction of sp³-hybridized carbons (Fsp3) is 0.571. The molecule has 1 aromatic carbocycles. The first kappa shape index (κ1) is 13.2. The van der Waals surface area contributed by atoms with Gasteiger partial charge >= 0.3 is 0 Å². The highest BCUT2D eigenvalue weighted by atomic mass is 16.7. The lowest BCUT2D eigenvalue weighted by Crippen LogP contribution is -2.23. The van der Waals surface area contributed by atoms with Crippen LogP contribution in [0.15, 0.2) is 24.3 Å². The van der Waals surface area contributed by atoms with Gasteiger partial charge in [0.05, 0.1) is 18.9 Å². The highest BCUT2D eigenvalue weighted by Crippen LogP contribution is 2.19. The molecule has 4 nitrogen and oxygen atoms in total. The molecule has 0 bridgehead atoms. The predicted octanol–water partition coefficient (Wildman–Crippen LogP) is 2.58. The largest absolute Gasteiger partial charge is 0.491 e. The quantitative estimate of drug-likeness (QED) is 0.623. The zero-order valence-electron chi connectivity index (χ0n) is 10.6. The molecule has 1 saturated heterocycles. The molecule has 1 heterocycles. The Kier molecular flexibility index (Phi) is 5.30. The maximum absolute atomic E-state index is 5.78. The van der Waals surface area contributed by atoms with E-state index >= 15 is 0 Å². The van der Waals surface area contributed by atoms with Gasteiger partial charge in [-0.1, -0.05) is 12.1 Å². The second-order valence-electron chi connectivity index (χ2n) is 4.41. The molecule has 0 saturated carbocycles. The van der Waals surface area contributed by atoms with Crippen LogP contribution in [0.5, 0.6) is 5.75 Å². The molecule has 2 N–H and O–H groups in total. The summed E-state index contributed by atoms with van der Waals surface area (Å²) in [6.07, 6.45) is 4.18. The van der Waals surface area contributed by atoms with Gasteiger partial charge in [0.1, 0.15) is 5.75 Å². The zero-order valence-corrected chi connectivity index (χ0v) is 10.6. The first-order valence-electron chi connectivity index (χ1n) is 6.57. The lowest BCUT2D eigenvalue weighted by molar-refractivity contribution is -0.163. The van der Waals surface area contributed by atoms with Gasteiger partial charge in [0.15, 0.2) is 6.29 Å². The molecule has 0 spiro atoms. The van der Waals surface area contributed by atoms with Crippen molar-refractivity contribution < 1.29 is 14.2 Å². The van der Waals surface area contributed by atoms with Gasteiger partial charge < -0.3 is 19.9 Å². The molecule has 2 rings (SSSR count). The molecule has 0 amide bonds. The van der Waals surface area contributed by atoms with Crippen molar-refractivity contribution in [2.75, 3.05) is 25.6 Å². The predicted molar refractivity (Wildman–Crippen MR) is 70.5 cm³/mol. The Balaban J connectivity index is 1.57. The van der Waals surface area contributed by atoms with E-state index in [1.165, 1.54) is 6.42 Å². The van der Waals surface area contributed by atoms with Crippen molar-refractivity contribution in [3.63, 3.8) is 0 Å². The van der Waals surface area contributed by atoms with E-state index in [0.29, 0.717) is 18.9 Å². The standard InChI is InChI=1S/C14H21NO3/c15-12-6-1-2-7-13(12)16-10-5-11-18-14-8-3-4-9-17-14/h1-2,6-7,14H,3-5,8-11,15H2. The van der Waals surface area contributed by atoms with Crippen LogP contribution in [0.25, 0.3) is 0 Å². The molecule has 0 aliphatic carbocycles. The summed E-state index contributed by atoms with van der Waals surface area (Å²) in [6, 6.07) is 7.52. The SMILES string of the molecule is Nc1ccccc1OCCCOC1CCCCO1. The van der Waals surface area contributed by atoms with E-state index in [0.717, 1.165) is 31.6 Å². The minimum atomic E-state index is -0.0134. The monoisotopic (exact) mass is 251 g/mol. The highest BCUT2D eigenvalue weighted by molar-refractivity contribution is 5.51. The van der Waals surface area contributed by atoms with Gasteiger partial charge in [0.25, 0.3) is 0 Å². The summed E-state index contributed by atoms with van der Waals surface area (Å²) >= 11 is 0. The summed E-state index contributed by atoms with van der Waals surface area (Å²) in [7, 11) is 0. The first-order valence-corrected chi connectivity index (χ1v) is 6.57. The number of nitrogens with two attached hydrogens (primary N) is 1. The molecule has 1 atom stereocenters. The average Bonchev–Trinajstić information content (AvgIpc) is 2.42. The Hall–Kier alpha value is -1.26. The number of rotatable bonds is 6. The summed E-state index contributed by atoms with van der Waals surface area (Å²) < 4.78 is 16.7. The molecular formula is C14H21NO3. The molecule has 0 aromatic heterocycles. The molecule has 0 radical (unpaired) electrons. The van der Waals surface area contributed by atoms with Crippen molar-refractivity contribution in [1.82, 2.24) is 0 Å². The summed E-state index contributed by atoms with van der Waals surface area (Å²) in [4.78, 5) is 0. The molecule has 1 aliphatic heterocycles. The molecule has 1 unspecified atom stereocenters. The summed E-state index contributed by atoms with van der Waals surface area (Å²) in [5.41, 5.74) is 6.45. The van der Waals surface area contributed by atoms with Crippen LogP contribution in [0.3, 0.4) is 0 Å². The minimum Gasteiger partial charge on any atom is -0.491 e. The summed E-state index contributed by atoms with van der Waals surface area (Å²) in [5.74, 6) is 0.742. The van der Waals surface area contributed by atoms with Gasteiger partial charge in [-0.3, -0.25) is 0 Å². The number of hydrogen-bond acceptors (Lipinski definition) is 4. The van der Waals surface area contributed by atoms with E-state index in [-0.39, 0.29) is 6.29 Å². The van der Waals surface area contributed by atoms with E-state index in [1.54, 1.807) is 0 Å². The van der Waals surface area contributed by atoms with Crippen molar-refractivity contribution in [3.8, 4) is 5.75 Å². The van der Waals surface area contributed by atoms with Crippen molar-refractivity contribution in [1.29, 1.82) is 0 Å². The molecule has 18 heavy (non-hydrogen) atoms. The minimum absolute atomic E-state index is 0.0134. The first-order chi connectivity index (χ1) is 8.86. The molecule has 100 valence electrons. The third-order valence-corrected chi connectivity index (χ3v) is 2.91. The second kappa shape index (κ2) is 7.24. The third kappa shape index (κ3) is 4.20. The fourth-order valence-corrected chi connectivity index (χ4v) is 1.91. The maximum atomic E-state index is 5.78. The van der Waals surface area contributed by atoms with Crippen molar-refractivity contribution >= 4 is 5.69 Å². The number of nitrogen functional groups attached to an aromatic ring is 1. The van der Waals surface area contributed by atoms with E-state index in [2.05, 4.69) is 0 Å². The van der Waals surface area contributed by atoms with Crippen LogP contribution in [0.2, 0.25) is 0 Å². The highest BCUT2D eigenvalue weighted by Gasteiger charge is 2.13. The van der Waals surface area contributed by atoms with Crippen LogP contribution in [-0.2, 0) is 9.47 Å². The van der Waals surface area contributed by atoms with Crippen LogP contribution in [-0.4, -0.2) is 26.1 Å². The van der Waals surface area contributed by atoms with E-state index in [4.69, 9.17) is 19.9 Å². The Labute approximate surface area is 108 Å². The number of para-hydroxylation sites is 2. The smallest absolute Gasteiger partial charge is 0.157 e. The number of anilines is 1. The lowest BCUT2D eigenvalue weighted by Gasteiger charge is -2.22. The van der Waals surface area contributed by atoms with Crippen LogP contribution in [0.4, 0.5) is 5.69 Å². The zero-order chi connectivity index (χ0) is 12.6. The fourth-order valence-electron chi connectivity index (χ4n) is 1.91. The van der Waals surface area contributed by atoms with Gasteiger partial charge in [-0.15, -0.1) is 0 Å². The van der Waals surface area contributed by atoms with E-state index in [1.807, 2.05) is 24.3 Å². The Morgan fingerprint density at radius 1 is 1.22 bits per heavy atom. The molecule has 1 fully saturated rings. The second-order valence-corrected chi connectivity index (χ2v) is 4.41. The number of ether oxygens (including phenoxy) is 3. The van der Waals surface area contributed by atoms with Gasteiger partial charge in [0, 0.05) is 13.0 Å². The molecule has 1 aliphatic rings. The Bertz CT molecular complexity index is 351. The topological polar surface area (TPSA) is 53.7 Å². The van der Waals surface area contributed by atoms with E-state index < -0.39 is 0 Å². The van der Waals surface area contributed by atoms with Crippen LogP contribution in [0.1, 0.15) is 25.7 Å². The summed E-state index contributed by atoms with van der Waals surface area (Å²) in [6.45, 7) is 2.10. The van der Waals surface area contributed by atoms with Crippen molar-refractivity contribution in [2.24, 2.45) is 0 Å². The number of benzene rings is 1. The number of hydrogen-bond donors (Lipinski definition) is 1. The maximum Gasteiger partial charge on any atom is 0.157 e. The Morgan fingerprint density at radius 2 is 2.11 bits per heavy atom. The molecule has 1 aromatic rings. The van der Waals surface area contributed by atoms with Gasteiger partial charge in [-0.2, -0.15) is 0 Å². The van der Waals surface area contributed by atoms with Gasteiger partial charge in [0.2, 0.25) is 0 Å². The normalized spacial score (nSPS) is 19.7.